The average molecular weight is 517 g/mol. The van der Waals surface area contributed by atoms with Crippen molar-refractivity contribution >= 4 is 23.1 Å². The van der Waals surface area contributed by atoms with Crippen LogP contribution < -0.4 is 10.1 Å². The number of pyridine rings is 2. The summed E-state index contributed by atoms with van der Waals surface area (Å²) in [5, 5.41) is 6.83. The quantitative estimate of drug-likeness (QED) is 0.349. The monoisotopic (exact) mass is 516 g/mol. The van der Waals surface area contributed by atoms with Crippen LogP contribution in [0.5, 0.6) is 5.75 Å². The fraction of sp³-hybridized carbons (Fsp3) is 0.115. The molecule has 4 aromatic heterocycles. The summed E-state index contributed by atoms with van der Waals surface area (Å²) in [4.78, 5) is 26.5. The van der Waals surface area contributed by atoms with Gasteiger partial charge < -0.3 is 10.1 Å². The predicted molar refractivity (Wildman–Crippen MR) is 135 cm³/mol. The Morgan fingerprint density at radius 1 is 1.11 bits per heavy atom. The SMILES string of the molecule is CC(=O)Nc1ccc(-c2ccc3c(n2)-c2sc(-c4ncnn4-c4ccc(F)cc4F)cc2CCO3)cn1. The standard InChI is InChI=1S/C26H18F2N6O2S/c1-14(35)32-23-7-2-16(12-29-23)19-4-6-21-24(33-19)25-15(8-9-36-21)10-22(37-25)26-30-13-31-34(26)20-5-3-17(27)11-18(20)28/h2-7,10-13H,8-9H2,1H3,(H,29,32,35). The van der Waals surface area contributed by atoms with Crippen molar-refractivity contribution in [2.75, 3.05) is 11.9 Å². The molecule has 0 fully saturated rings. The Morgan fingerprint density at radius 3 is 2.78 bits per heavy atom. The van der Waals surface area contributed by atoms with Crippen molar-refractivity contribution in [2.24, 2.45) is 0 Å². The van der Waals surface area contributed by atoms with Gasteiger partial charge in [0.1, 0.15) is 35.1 Å². The van der Waals surface area contributed by atoms with Gasteiger partial charge in [0, 0.05) is 31.2 Å². The van der Waals surface area contributed by atoms with E-state index in [1.165, 1.54) is 41.4 Å². The normalized spacial score (nSPS) is 12.3. The molecule has 184 valence electrons. The van der Waals surface area contributed by atoms with Gasteiger partial charge in [0.2, 0.25) is 5.91 Å². The van der Waals surface area contributed by atoms with Crippen LogP contribution in [-0.4, -0.2) is 37.2 Å². The van der Waals surface area contributed by atoms with Crippen LogP contribution in [0.3, 0.4) is 0 Å². The van der Waals surface area contributed by atoms with Crippen LogP contribution in [0, 0.1) is 11.6 Å². The minimum atomic E-state index is -0.729. The number of nitrogens with zero attached hydrogens (tertiary/aromatic N) is 5. The summed E-state index contributed by atoms with van der Waals surface area (Å²) >= 11 is 1.45. The zero-order valence-electron chi connectivity index (χ0n) is 19.4. The first kappa shape index (κ1) is 22.9. The number of amides is 1. The first-order valence-corrected chi connectivity index (χ1v) is 12.1. The smallest absolute Gasteiger partial charge is 0.222 e. The van der Waals surface area contributed by atoms with E-state index in [4.69, 9.17) is 9.72 Å². The van der Waals surface area contributed by atoms with Gasteiger partial charge in [-0.3, -0.25) is 4.79 Å². The largest absolute Gasteiger partial charge is 0.491 e. The molecule has 1 aliphatic heterocycles. The van der Waals surface area contributed by atoms with Crippen molar-refractivity contribution in [1.29, 1.82) is 0 Å². The first-order valence-electron chi connectivity index (χ1n) is 11.3. The number of halogens is 2. The molecule has 0 saturated heterocycles. The van der Waals surface area contributed by atoms with E-state index in [2.05, 4.69) is 20.4 Å². The number of anilines is 1. The van der Waals surface area contributed by atoms with E-state index in [1.807, 2.05) is 24.3 Å². The number of hydrogen-bond acceptors (Lipinski definition) is 7. The topological polar surface area (TPSA) is 94.8 Å². The molecule has 1 N–H and O–H groups in total. The molecular weight excluding hydrogens is 498 g/mol. The van der Waals surface area contributed by atoms with Gasteiger partial charge in [0.15, 0.2) is 11.6 Å². The Balaban J connectivity index is 1.40. The lowest BCUT2D eigenvalue weighted by atomic mass is 10.1. The molecule has 37 heavy (non-hydrogen) atoms. The molecule has 5 heterocycles. The van der Waals surface area contributed by atoms with Crippen LogP contribution in [-0.2, 0) is 11.2 Å². The molecule has 0 bridgehead atoms. The maximum absolute atomic E-state index is 14.5. The Labute approximate surface area is 213 Å². The summed E-state index contributed by atoms with van der Waals surface area (Å²) in [5.41, 5.74) is 3.30. The highest BCUT2D eigenvalue weighted by molar-refractivity contribution is 7.19. The number of fused-ring (bicyclic) bond motifs is 3. The molecule has 0 aliphatic carbocycles. The van der Waals surface area contributed by atoms with E-state index >= 15 is 0 Å². The van der Waals surface area contributed by atoms with Crippen molar-refractivity contribution in [1.82, 2.24) is 24.7 Å². The van der Waals surface area contributed by atoms with Gasteiger partial charge in [-0.2, -0.15) is 5.10 Å². The van der Waals surface area contributed by atoms with Gasteiger partial charge in [0.05, 0.1) is 22.1 Å². The number of aromatic nitrogens is 5. The number of nitrogens with one attached hydrogen (secondary N) is 1. The molecule has 1 amide bonds. The molecule has 0 unspecified atom stereocenters. The Kier molecular flexibility index (Phi) is 5.68. The van der Waals surface area contributed by atoms with E-state index in [1.54, 1.807) is 12.3 Å². The number of hydrogen-bond donors (Lipinski definition) is 1. The number of carbonyl (C=O) groups excluding carboxylic acids is 1. The maximum atomic E-state index is 14.5. The third-order valence-electron chi connectivity index (χ3n) is 5.78. The summed E-state index contributed by atoms with van der Waals surface area (Å²) in [6, 6.07) is 12.6. The highest BCUT2D eigenvalue weighted by atomic mass is 32.1. The molecule has 1 aromatic carbocycles. The van der Waals surface area contributed by atoms with Crippen LogP contribution in [0.25, 0.3) is 38.2 Å². The van der Waals surface area contributed by atoms with Crippen molar-refractivity contribution in [3.63, 3.8) is 0 Å². The van der Waals surface area contributed by atoms with Gasteiger partial charge >= 0.3 is 0 Å². The lowest BCUT2D eigenvalue weighted by Crippen LogP contribution is -2.07. The molecule has 8 nitrogen and oxygen atoms in total. The summed E-state index contributed by atoms with van der Waals surface area (Å²) in [7, 11) is 0. The van der Waals surface area contributed by atoms with Crippen LogP contribution in [0.2, 0.25) is 0 Å². The minimum Gasteiger partial charge on any atom is -0.491 e. The zero-order chi connectivity index (χ0) is 25.5. The number of rotatable bonds is 4. The zero-order valence-corrected chi connectivity index (χ0v) is 20.2. The molecule has 1 aliphatic rings. The Hall–Kier alpha value is -4.51. The summed E-state index contributed by atoms with van der Waals surface area (Å²) in [6.07, 6.45) is 3.65. The summed E-state index contributed by atoms with van der Waals surface area (Å²) < 4.78 is 35.3. The van der Waals surface area contributed by atoms with Crippen LogP contribution in [0.15, 0.2) is 61.1 Å². The molecule has 5 aromatic rings. The lowest BCUT2D eigenvalue weighted by Gasteiger charge is -2.09. The lowest BCUT2D eigenvalue weighted by molar-refractivity contribution is -0.114. The van der Waals surface area contributed by atoms with Crippen molar-refractivity contribution in [2.45, 2.75) is 13.3 Å². The molecule has 11 heteroatoms. The Morgan fingerprint density at radius 2 is 2.00 bits per heavy atom. The highest BCUT2D eigenvalue weighted by Gasteiger charge is 2.24. The van der Waals surface area contributed by atoms with Gasteiger partial charge in [0.25, 0.3) is 0 Å². The van der Waals surface area contributed by atoms with Crippen molar-refractivity contribution in [3.8, 4) is 44.0 Å². The summed E-state index contributed by atoms with van der Waals surface area (Å²) in [6.45, 7) is 1.90. The minimum absolute atomic E-state index is 0.108. The number of thiophene rings is 1. The molecule has 0 spiro atoms. The molecular formula is C26H18F2N6O2S. The van der Waals surface area contributed by atoms with E-state index in [0.29, 0.717) is 41.8 Å². The van der Waals surface area contributed by atoms with Gasteiger partial charge in [-0.15, -0.1) is 11.3 Å². The molecule has 0 atom stereocenters. The summed E-state index contributed by atoms with van der Waals surface area (Å²) in [5.74, 6) is -0.0252. The fourth-order valence-corrected chi connectivity index (χ4v) is 5.31. The Bertz CT molecular complexity index is 1650. The van der Waals surface area contributed by atoms with Crippen molar-refractivity contribution in [3.05, 3.63) is 78.3 Å². The third kappa shape index (κ3) is 4.33. The maximum Gasteiger partial charge on any atom is 0.222 e. The van der Waals surface area contributed by atoms with E-state index in [9.17, 15) is 13.6 Å². The van der Waals surface area contributed by atoms with Gasteiger partial charge in [-0.25, -0.2) is 28.4 Å². The van der Waals surface area contributed by atoms with Crippen LogP contribution in [0.1, 0.15) is 12.5 Å². The van der Waals surface area contributed by atoms with Gasteiger partial charge in [-0.05, 0) is 48.0 Å². The number of carbonyl (C=O) groups is 1. The number of ether oxygens (including phenoxy) is 1. The van der Waals surface area contributed by atoms with Crippen LogP contribution in [0.4, 0.5) is 14.6 Å². The second-order valence-corrected chi connectivity index (χ2v) is 9.36. The molecule has 6 rings (SSSR count). The average Bonchev–Trinajstić information content (AvgIpc) is 3.48. The second kappa shape index (κ2) is 9.17. The highest BCUT2D eigenvalue weighted by Crippen LogP contribution is 2.43. The van der Waals surface area contributed by atoms with Gasteiger partial charge in [-0.1, -0.05) is 0 Å². The van der Waals surface area contributed by atoms with E-state index < -0.39 is 11.6 Å². The first-order chi connectivity index (χ1) is 18.0. The molecule has 0 radical (unpaired) electrons. The predicted octanol–water partition coefficient (Wildman–Crippen LogP) is 5.29. The number of benzene rings is 1. The van der Waals surface area contributed by atoms with Crippen LogP contribution >= 0.6 is 11.3 Å². The van der Waals surface area contributed by atoms with Crippen molar-refractivity contribution < 1.29 is 18.3 Å². The third-order valence-corrected chi connectivity index (χ3v) is 6.96. The second-order valence-electron chi connectivity index (χ2n) is 8.31. The van der Waals surface area contributed by atoms with E-state index in [-0.39, 0.29) is 11.6 Å². The molecule has 0 saturated carbocycles. The van der Waals surface area contributed by atoms with E-state index in [0.717, 1.165) is 26.9 Å². The fourth-order valence-electron chi connectivity index (χ4n) is 4.12.